The molecular weight excluding hydrogens is 212 g/mol. The molecule has 1 aliphatic heterocycles. The summed E-state index contributed by atoms with van der Waals surface area (Å²) in [7, 11) is 0. The first-order valence-corrected chi connectivity index (χ1v) is 7.28. The van der Waals surface area contributed by atoms with Crippen molar-refractivity contribution in [1.82, 2.24) is 0 Å². The zero-order valence-corrected chi connectivity index (χ0v) is 10.3. The summed E-state index contributed by atoms with van der Waals surface area (Å²) in [6.07, 6.45) is 3.00. The molecule has 0 amide bonds. The summed E-state index contributed by atoms with van der Waals surface area (Å²) in [5.74, 6) is 3.04. The minimum atomic E-state index is -0.258. The van der Waals surface area contributed by atoms with E-state index in [4.69, 9.17) is 0 Å². The minimum absolute atomic E-state index is 0.258. The average Bonchev–Trinajstić information content (AvgIpc) is 2.60. The van der Waals surface area contributed by atoms with Crippen molar-refractivity contribution >= 4 is 23.5 Å². The standard InChI is InChI=1S/C11H18OS2/c1-3-9-6-11(13-4-5-14-11)7-10(12)8(9)2/h9-10,12H,2-7H2,1H3. The second-order valence-electron chi connectivity index (χ2n) is 4.21. The summed E-state index contributed by atoms with van der Waals surface area (Å²) in [5.41, 5.74) is 1.08. The van der Waals surface area contributed by atoms with Crippen LogP contribution in [0.4, 0.5) is 0 Å². The van der Waals surface area contributed by atoms with Gasteiger partial charge in [-0.15, -0.1) is 23.5 Å². The highest BCUT2D eigenvalue weighted by molar-refractivity contribution is 8.21. The van der Waals surface area contributed by atoms with Crippen LogP contribution < -0.4 is 0 Å². The topological polar surface area (TPSA) is 20.2 Å². The Hall–Kier alpha value is 0.400. The van der Waals surface area contributed by atoms with Crippen molar-refractivity contribution in [2.75, 3.05) is 11.5 Å². The Morgan fingerprint density at radius 3 is 2.64 bits per heavy atom. The van der Waals surface area contributed by atoms with E-state index in [1.165, 1.54) is 17.9 Å². The fourth-order valence-electron chi connectivity index (χ4n) is 2.43. The predicted molar refractivity (Wildman–Crippen MR) is 65.8 cm³/mol. The maximum Gasteiger partial charge on any atom is 0.0771 e. The van der Waals surface area contributed by atoms with Gasteiger partial charge in [-0.2, -0.15) is 0 Å². The van der Waals surface area contributed by atoms with Gasteiger partial charge in [-0.05, 0) is 24.3 Å². The molecule has 0 bridgehead atoms. The van der Waals surface area contributed by atoms with E-state index in [9.17, 15) is 5.11 Å². The third-order valence-electron chi connectivity index (χ3n) is 3.32. The zero-order chi connectivity index (χ0) is 10.2. The SMILES string of the molecule is C=C1C(O)CC2(CC1CC)SCCS2. The number of rotatable bonds is 1. The van der Waals surface area contributed by atoms with Crippen molar-refractivity contribution in [2.45, 2.75) is 36.4 Å². The molecule has 0 aromatic heterocycles. The Kier molecular flexibility index (Phi) is 3.20. The van der Waals surface area contributed by atoms with E-state index >= 15 is 0 Å². The second kappa shape index (κ2) is 4.11. The van der Waals surface area contributed by atoms with Crippen molar-refractivity contribution in [3.05, 3.63) is 12.2 Å². The summed E-state index contributed by atoms with van der Waals surface area (Å²) in [4.78, 5) is 0. The van der Waals surface area contributed by atoms with Gasteiger partial charge in [-0.1, -0.05) is 13.5 Å². The molecule has 2 rings (SSSR count). The lowest BCUT2D eigenvalue weighted by Crippen LogP contribution is -2.36. The summed E-state index contributed by atoms with van der Waals surface area (Å²) in [6, 6.07) is 0. The molecule has 0 radical (unpaired) electrons. The van der Waals surface area contributed by atoms with Crippen LogP contribution >= 0.6 is 23.5 Å². The number of hydrogen-bond donors (Lipinski definition) is 1. The van der Waals surface area contributed by atoms with Crippen LogP contribution in [0.1, 0.15) is 26.2 Å². The fourth-order valence-corrected chi connectivity index (χ4v) is 5.86. The van der Waals surface area contributed by atoms with E-state index in [2.05, 4.69) is 37.0 Å². The van der Waals surface area contributed by atoms with Crippen molar-refractivity contribution in [1.29, 1.82) is 0 Å². The molecule has 1 nitrogen and oxygen atoms in total. The van der Waals surface area contributed by atoms with Crippen LogP contribution in [0.25, 0.3) is 0 Å². The highest BCUT2D eigenvalue weighted by atomic mass is 32.2. The number of thioether (sulfide) groups is 2. The third-order valence-corrected chi connectivity index (χ3v) is 6.82. The quantitative estimate of drug-likeness (QED) is 0.700. The Labute approximate surface area is 94.7 Å². The highest BCUT2D eigenvalue weighted by Crippen LogP contribution is 2.55. The smallest absolute Gasteiger partial charge is 0.0771 e. The molecule has 1 saturated carbocycles. The van der Waals surface area contributed by atoms with Gasteiger partial charge in [0.25, 0.3) is 0 Å². The molecule has 2 unspecified atom stereocenters. The summed E-state index contributed by atoms with van der Waals surface area (Å²) in [5, 5.41) is 9.98. The van der Waals surface area contributed by atoms with E-state index in [0.717, 1.165) is 18.4 Å². The predicted octanol–water partition coefficient (Wildman–Crippen LogP) is 2.90. The zero-order valence-electron chi connectivity index (χ0n) is 8.66. The van der Waals surface area contributed by atoms with Gasteiger partial charge >= 0.3 is 0 Å². The monoisotopic (exact) mass is 230 g/mol. The van der Waals surface area contributed by atoms with E-state index in [1.54, 1.807) is 0 Å². The Bertz CT molecular complexity index is 233. The van der Waals surface area contributed by atoms with Gasteiger partial charge in [0.2, 0.25) is 0 Å². The Morgan fingerprint density at radius 1 is 1.43 bits per heavy atom. The molecule has 0 aromatic carbocycles. The molecule has 1 spiro atoms. The van der Waals surface area contributed by atoms with Gasteiger partial charge in [-0.25, -0.2) is 0 Å². The van der Waals surface area contributed by atoms with Gasteiger partial charge in [0, 0.05) is 17.9 Å². The number of hydrogen-bond acceptors (Lipinski definition) is 3. The number of aliphatic hydroxyl groups is 1. The number of aliphatic hydroxyl groups excluding tert-OH is 1. The molecule has 1 saturated heterocycles. The second-order valence-corrected chi connectivity index (χ2v) is 7.43. The molecule has 2 atom stereocenters. The van der Waals surface area contributed by atoms with E-state index < -0.39 is 0 Å². The van der Waals surface area contributed by atoms with Crippen LogP contribution in [0.2, 0.25) is 0 Å². The van der Waals surface area contributed by atoms with Crippen LogP contribution in [0, 0.1) is 5.92 Å². The lowest BCUT2D eigenvalue weighted by Gasteiger charge is -2.40. The first-order valence-electron chi connectivity index (χ1n) is 5.31. The molecule has 14 heavy (non-hydrogen) atoms. The first-order chi connectivity index (χ1) is 6.67. The summed E-state index contributed by atoms with van der Waals surface area (Å²) in [6.45, 7) is 6.23. The van der Waals surface area contributed by atoms with Crippen LogP contribution in [-0.2, 0) is 0 Å². The third kappa shape index (κ3) is 1.86. The molecule has 1 heterocycles. The van der Waals surface area contributed by atoms with Crippen LogP contribution in [0.3, 0.4) is 0 Å². The van der Waals surface area contributed by atoms with Gasteiger partial charge < -0.3 is 5.11 Å². The molecule has 3 heteroatoms. The van der Waals surface area contributed by atoms with E-state index in [-0.39, 0.29) is 6.10 Å². The minimum Gasteiger partial charge on any atom is -0.389 e. The summed E-state index contributed by atoms with van der Waals surface area (Å²) < 4.78 is 0.321. The van der Waals surface area contributed by atoms with Crippen molar-refractivity contribution in [3.63, 3.8) is 0 Å². The molecule has 1 aliphatic carbocycles. The van der Waals surface area contributed by atoms with Crippen molar-refractivity contribution in [3.8, 4) is 0 Å². The summed E-state index contributed by atoms with van der Waals surface area (Å²) >= 11 is 4.10. The van der Waals surface area contributed by atoms with Crippen molar-refractivity contribution in [2.24, 2.45) is 5.92 Å². The van der Waals surface area contributed by atoms with Crippen LogP contribution in [-0.4, -0.2) is 26.8 Å². The molecule has 2 fully saturated rings. The van der Waals surface area contributed by atoms with Gasteiger partial charge in [0.1, 0.15) is 0 Å². The molecular formula is C11H18OS2. The molecule has 2 aliphatic rings. The normalized spacial score (nSPS) is 36.6. The van der Waals surface area contributed by atoms with E-state index in [0.29, 0.717) is 10.00 Å². The van der Waals surface area contributed by atoms with Gasteiger partial charge in [0.15, 0.2) is 0 Å². The fraction of sp³-hybridized carbons (Fsp3) is 0.818. The molecule has 80 valence electrons. The van der Waals surface area contributed by atoms with Crippen LogP contribution in [0.5, 0.6) is 0 Å². The van der Waals surface area contributed by atoms with E-state index in [1.807, 2.05) is 0 Å². The lowest BCUT2D eigenvalue weighted by atomic mass is 9.81. The van der Waals surface area contributed by atoms with Gasteiger partial charge in [-0.3, -0.25) is 0 Å². The maximum atomic E-state index is 9.98. The molecule has 1 N–H and O–H groups in total. The van der Waals surface area contributed by atoms with Crippen LogP contribution in [0.15, 0.2) is 12.2 Å². The van der Waals surface area contributed by atoms with Crippen molar-refractivity contribution < 1.29 is 5.11 Å². The lowest BCUT2D eigenvalue weighted by molar-refractivity contribution is 0.157. The first kappa shape index (κ1) is 10.9. The Balaban J connectivity index is 2.12. The highest BCUT2D eigenvalue weighted by Gasteiger charge is 2.44. The van der Waals surface area contributed by atoms with Gasteiger partial charge in [0.05, 0.1) is 10.2 Å². The Morgan fingerprint density at radius 2 is 2.07 bits per heavy atom. The average molecular weight is 230 g/mol. The maximum absolute atomic E-state index is 9.98. The largest absolute Gasteiger partial charge is 0.389 e. The molecule has 0 aromatic rings.